The van der Waals surface area contributed by atoms with Crippen LogP contribution in [0.4, 0.5) is 0 Å². The van der Waals surface area contributed by atoms with E-state index in [1.807, 2.05) is 24.3 Å². The Balaban J connectivity index is 0.000000882. The van der Waals surface area contributed by atoms with Crippen LogP contribution in [0.3, 0.4) is 0 Å². The Morgan fingerprint density at radius 3 is 1.04 bits per heavy atom. The van der Waals surface area contributed by atoms with Crippen LogP contribution in [0, 0.1) is 0 Å². The summed E-state index contributed by atoms with van der Waals surface area (Å²) in [7, 11) is 0. The summed E-state index contributed by atoms with van der Waals surface area (Å²) in [5.74, 6) is 0. The fraction of sp³-hybridized carbons (Fsp3) is 0.667. The summed E-state index contributed by atoms with van der Waals surface area (Å²) in [5, 5.41) is 0. The quantitative estimate of drug-likeness (QED) is 0.0587. The fourth-order valence-electron chi connectivity index (χ4n) is 5.61. The van der Waals surface area contributed by atoms with Gasteiger partial charge < -0.3 is 19.6 Å². The normalized spacial score (nSPS) is 11.6. The zero-order valence-corrected chi connectivity index (χ0v) is 36.2. The SMILES string of the molecule is CCCCCCc1cccc(SP([O-])([O-])=S)c1CCCCCC.CCCCCCc1cccc(SP([O-])([O-])=S)c1CCCCCC.[Mo+4]. The van der Waals surface area contributed by atoms with E-state index in [1.54, 1.807) is 0 Å². The molecule has 0 aliphatic rings. The first-order valence-electron chi connectivity index (χ1n) is 17.6. The van der Waals surface area contributed by atoms with Crippen LogP contribution >= 0.6 is 34.2 Å². The second kappa shape index (κ2) is 28.5. The first-order chi connectivity index (χ1) is 22.0. The molecule has 0 aliphatic carbocycles. The second-order valence-corrected chi connectivity index (χ2v) is 23.4. The van der Waals surface area contributed by atoms with Crippen molar-refractivity contribution in [3.05, 3.63) is 58.7 Å². The van der Waals surface area contributed by atoms with Crippen LogP contribution in [0.15, 0.2) is 46.2 Å². The van der Waals surface area contributed by atoms with Gasteiger partial charge in [-0.2, -0.15) is 11.4 Å². The average molecular weight is 841 g/mol. The van der Waals surface area contributed by atoms with Crippen molar-refractivity contribution >= 4 is 57.8 Å². The van der Waals surface area contributed by atoms with Crippen molar-refractivity contribution < 1.29 is 40.6 Å². The number of unbranched alkanes of at least 4 members (excludes halogenated alkanes) is 12. The Bertz CT molecular complexity index is 1100. The minimum Gasteiger partial charge on any atom is -0.824 e. The van der Waals surface area contributed by atoms with E-state index in [1.165, 1.54) is 112 Å². The number of benzene rings is 2. The molecule has 0 heterocycles. The number of hydrogen-bond acceptors (Lipinski definition) is 8. The zero-order valence-electron chi connectivity index (χ0n) is 29.2. The number of hydrogen-bond donors (Lipinski definition) is 0. The standard InChI is InChI=1S/2C18H31O2PS2.Mo/c2*1-3-5-7-9-12-16-13-11-15-18(23-21(19,20)22)17(16)14-10-8-6-4-2;/h2*11,13,15H,3-10,12,14H2,1-2H3,(H2,19,20,22);/q;;+4/p-4. The summed E-state index contributed by atoms with van der Waals surface area (Å²) in [6.45, 7) is 8.83. The van der Waals surface area contributed by atoms with E-state index >= 15 is 0 Å². The fourth-order valence-corrected chi connectivity index (χ4v) is 11.0. The molecule has 0 radical (unpaired) electrons. The summed E-state index contributed by atoms with van der Waals surface area (Å²) in [4.78, 5) is 47.9. The van der Waals surface area contributed by atoms with Crippen molar-refractivity contribution in [2.24, 2.45) is 0 Å². The van der Waals surface area contributed by atoms with Gasteiger partial charge in [-0.3, -0.25) is 0 Å². The molecule has 2 aromatic rings. The Morgan fingerprint density at radius 1 is 0.468 bits per heavy atom. The van der Waals surface area contributed by atoms with Gasteiger partial charge in [-0.05, 0) is 85.8 Å². The third kappa shape index (κ3) is 24.0. The van der Waals surface area contributed by atoms with Gasteiger partial charge in [-0.1, -0.05) is 129 Å². The van der Waals surface area contributed by atoms with Gasteiger partial charge in [0.2, 0.25) is 0 Å². The van der Waals surface area contributed by atoms with Crippen LogP contribution in [0.2, 0.25) is 0 Å². The average Bonchev–Trinajstić information content (AvgIpc) is 2.98. The molecular weight excluding hydrogens is 783 g/mol. The molecule has 2 aromatic carbocycles. The topological polar surface area (TPSA) is 92.2 Å². The first kappa shape index (κ1) is 48.0. The predicted molar refractivity (Wildman–Crippen MR) is 205 cm³/mol. The third-order valence-electron chi connectivity index (χ3n) is 8.04. The van der Waals surface area contributed by atoms with Gasteiger partial charge in [0, 0.05) is 9.79 Å². The van der Waals surface area contributed by atoms with Crippen LogP contribution in [-0.4, -0.2) is 0 Å². The molecule has 4 nitrogen and oxygen atoms in total. The van der Waals surface area contributed by atoms with Gasteiger partial charge in [0.05, 0.1) is 0 Å². The monoisotopic (exact) mass is 842 g/mol. The van der Waals surface area contributed by atoms with E-state index in [2.05, 4.69) is 63.4 Å². The largest absolute Gasteiger partial charge is 4.00 e. The molecule has 47 heavy (non-hydrogen) atoms. The molecule has 0 fully saturated rings. The first-order valence-corrected chi connectivity index (χ1v) is 25.7. The number of rotatable bonds is 24. The van der Waals surface area contributed by atoms with Gasteiger partial charge in [0.25, 0.3) is 0 Å². The van der Waals surface area contributed by atoms with Gasteiger partial charge in [0.15, 0.2) is 0 Å². The number of aryl methyl sites for hydroxylation is 2. The molecule has 11 heteroatoms. The Morgan fingerprint density at radius 2 is 0.766 bits per heavy atom. The van der Waals surface area contributed by atoms with Gasteiger partial charge in [-0.15, -0.1) is 46.4 Å². The minimum atomic E-state index is -3.77. The second-order valence-electron chi connectivity index (χ2n) is 12.1. The third-order valence-corrected chi connectivity index (χ3v) is 13.5. The van der Waals surface area contributed by atoms with Crippen LogP contribution < -0.4 is 19.6 Å². The maximum Gasteiger partial charge on any atom is 4.00 e. The summed E-state index contributed by atoms with van der Waals surface area (Å²) < 4.78 is 0. The molecule has 266 valence electrons. The van der Waals surface area contributed by atoms with Crippen LogP contribution in [0.5, 0.6) is 0 Å². The van der Waals surface area contributed by atoms with E-state index in [0.717, 1.165) is 71.1 Å². The predicted octanol–water partition coefficient (Wildman–Crippen LogP) is 9.94. The molecular formula is C36H58MoO4P2S4. The van der Waals surface area contributed by atoms with Crippen molar-refractivity contribution in [2.75, 3.05) is 0 Å². The maximum absolute atomic E-state index is 11.5. The Kier molecular flexibility index (Phi) is 29.1. The van der Waals surface area contributed by atoms with Crippen molar-refractivity contribution in [3.63, 3.8) is 0 Å². The van der Waals surface area contributed by atoms with Crippen molar-refractivity contribution in [1.29, 1.82) is 0 Å². The van der Waals surface area contributed by atoms with Crippen molar-refractivity contribution in [1.82, 2.24) is 0 Å². The Hall–Kier alpha value is 0.968. The van der Waals surface area contributed by atoms with E-state index < -0.39 is 11.4 Å². The van der Waals surface area contributed by atoms with Crippen LogP contribution in [0.25, 0.3) is 0 Å². The van der Waals surface area contributed by atoms with Crippen LogP contribution in [-0.2, 0) is 70.4 Å². The van der Waals surface area contributed by atoms with E-state index in [-0.39, 0.29) is 21.1 Å². The molecule has 0 amide bonds. The van der Waals surface area contributed by atoms with Gasteiger partial charge >= 0.3 is 21.1 Å². The molecule has 0 bridgehead atoms. The summed E-state index contributed by atoms with van der Waals surface area (Å²) in [6, 6.07) is 12.1. The van der Waals surface area contributed by atoms with Gasteiger partial charge in [-0.25, -0.2) is 0 Å². The van der Waals surface area contributed by atoms with E-state index in [9.17, 15) is 19.6 Å². The molecule has 0 N–H and O–H groups in total. The molecule has 0 spiro atoms. The van der Waals surface area contributed by atoms with E-state index in [0.29, 0.717) is 0 Å². The van der Waals surface area contributed by atoms with Crippen LogP contribution in [0.1, 0.15) is 153 Å². The van der Waals surface area contributed by atoms with Crippen molar-refractivity contribution in [2.45, 2.75) is 166 Å². The molecule has 2 rings (SSSR count). The minimum absolute atomic E-state index is 0. The van der Waals surface area contributed by atoms with E-state index in [4.69, 9.17) is 0 Å². The summed E-state index contributed by atoms with van der Waals surface area (Å²) in [6.07, 6.45) is 23.4. The molecule has 0 aromatic heterocycles. The maximum atomic E-state index is 11.5. The molecule has 0 aliphatic heterocycles. The molecule has 0 atom stereocenters. The van der Waals surface area contributed by atoms with Crippen molar-refractivity contribution in [3.8, 4) is 0 Å². The molecule has 0 unspecified atom stereocenters. The zero-order chi connectivity index (χ0) is 34.3. The smallest absolute Gasteiger partial charge is 0.824 e. The Labute approximate surface area is 320 Å². The van der Waals surface area contributed by atoms with Gasteiger partial charge in [0.1, 0.15) is 0 Å². The summed E-state index contributed by atoms with van der Waals surface area (Å²) in [5.41, 5.74) is -2.48. The molecule has 0 saturated heterocycles. The summed E-state index contributed by atoms with van der Waals surface area (Å²) >= 11 is 10.9. The molecule has 0 saturated carbocycles.